The van der Waals surface area contributed by atoms with Crippen molar-refractivity contribution in [2.75, 3.05) is 5.32 Å². The molecule has 0 saturated carbocycles. The highest BCUT2D eigenvalue weighted by Crippen LogP contribution is 2.34. The van der Waals surface area contributed by atoms with Crippen LogP contribution in [0, 0.1) is 18.6 Å². The molecule has 14 heteroatoms. The minimum absolute atomic E-state index is 0.0236. The summed E-state index contributed by atoms with van der Waals surface area (Å²) in [7, 11) is 0. The van der Waals surface area contributed by atoms with Crippen molar-refractivity contribution in [3.63, 3.8) is 0 Å². The molecule has 0 saturated heterocycles. The van der Waals surface area contributed by atoms with Crippen LogP contribution in [0.15, 0.2) is 54.7 Å². The van der Waals surface area contributed by atoms with Gasteiger partial charge in [-0.2, -0.15) is 17.9 Å². The van der Waals surface area contributed by atoms with E-state index in [-0.39, 0.29) is 45.1 Å². The van der Waals surface area contributed by atoms with E-state index < -0.39 is 47.6 Å². The molecule has 0 atom stereocenters. The number of alkyl halides is 3. The van der Waals surface area contributed by atoms with E-state index in [0.717, 1.165) is 35.0 Å². The Hall–Kier alpha value is -5.01. The number of aromatic nitrogens is 4. The van der Waals surface area contributed by atoms with Crippen LogP contribution in [0.2, 0.25) is 0 Å². The summed E-state index contributed by atoms with van der Waals surface area (Å²) in [6.45, 7) is 5.89. The zero-order valence-electron chi connectivity index (χ0n) is 23.2. The summed E-state index contributed by atoms with van der Waals surface area (Å²) in [5, 5.41) is 6.40. The van der Waals surface area contributed by atoms with Crippen LogP contribution in [0.25, 0.3) is 16.6 Å². The number of benzene rings is 2. The molecule has 1 N–H and O–H groups in total. The summed E-state index contributed by atoms with van der Waals surface area (Å²) >= 11 is 0. The van der Waals surface area contributed by atoms with Crippen molar-refractivity contribution < 1.29 is 41.0 Å². The maximum Gasteiger partial charge on any atom is 0.435 e. The lowest BCUT2D eigenvalue weighted by Gasteiger charge is -2.19. The van der Waals surface area contributed by atoms with Crippen LogP contribution in [0.1, 0.15) is 48.1 Å². The first-order valence-electron chi connectivity index (χ1n) is 12.8. The number of hydrogen-bond donors (Lipinski definition) is 1. The number of fused-ring (bicyclic) bond motifs is 2. The molecule has 0 radical (unpaired) electrons. The number of aryl methyl sites for hydroxylation is 1. The van der Waals surface area contributed by atoms with E-state index in [4.69, 9.17) is 9.47 Å². The first kappa shape index (κ1) is 29.5. The lowest BCUT2D eigenvalue weighted by molar-refractivity contribution is -0.137. The fourth-order valence-corrected chi connectivity index (χ4v) is 4.36. The summed E-state index contributed by atoms with van der Waals surface area (Å²) in [5.74, 6) is -2.61. The lowest BCUT2D eigenvalue weighted by atomic mass is 10.1. The van der Waals surface area contributed by atoms with Crippen LogP contribution < -0.4 is 10.1 Å². The van der Waals surface area contributed by atoms with Gasteiger partial charge in [0, 0.05) is 11.6 Å². The highest BCUT2D eigenvalue weighted by atomic mass is 19.4. The maximum absolute atomic E-state index is 14.1. The maximum atomic E-state index is 14.1. The van der Waals surface area contributed by atoms with Gasteiger partial charge in [-0.05, 0) is 70.2 Å². The zero-order valence-corrected chi connectivity index (χ0v) is 23.2. The van der Waals surface area contributed by atoms with E-state index in [1.165, 1.54) is 35.7 Å². The van der Waals surface area contributed by atoms with Crippen LogP contribution in [0.3, 0.4) is 0 Å². The van der Waals surface area contributed by atoms with Gasteiger partial charge >= 0.3 is 12.3 Å². The average Bonchev–Trinajstić information content (AvgIpc) is 3.44. The molecule has 0 fully saturated rings. The smallest absolute Gasteiger partial charge is 0.435 e. The van der Waals surface area contributed by atoms with E-state index in [9.17, 15) is 31.5 Å². The van der Waals surface area contributed by atoms with E-state index >= 15 is 0 Å². The number of halogens is 5. The summed E-state index contributed by atoms with van der Waals surface area (Å²) in [5.41, 5.74) is -1.94. The lowest BCUT2D eigenvalue weighted by Crippen LogP contribution is -2.27. The van der Waals surface area contributed by atoms with Gasteiger partial charge in [0.15, 0.2) is 17.2 Å². The predicted molar refractivity (Wildman–Crippen MR) is 145 cm³/mol. The Balaban J connectivity index is 1.52. The van der Waals surface area contributed by atoms with Crippen LogP contribution in [0.5, 0.6) is 5.75 Å². The number of pyridine rings is 1. The van der Waals surface area contributed by atoms with Gasteiger partial charge < -0.3 is 14.8 Å². The number of carbonyl (C=O) groups is 2. The number of nitrogens with one attached hydrogen (secondary N) is 1. The van der Waals surface area contributed by atoms with Gasteiger partial charge in [-0.3, -0.25) is 9.20 Å². The number of anilines is 1. The van der Waals surface area contributed by atoms with Gasteiger partial charge in [-0.25, -0.2) is 18.6 Å². The molecule has 0 spiro atoms. The van der Waals surface area contributed by atoms with Crippen molar-refractivity contribution in [1.29, 1.82) is 0 Å². The normalized spacial score (nSPS) is 12.1. The molecular formula is C29H24F5N5O4. The second-order valence-electron chi connectivity index (χ2n) is 10.5. The molecule has 9 nitrogen and oxygen atoms in total. The Morgan fingerprint density at radius 3 is 2.35 bits per heavy atom. The number of hydrogen-bond acceptors (Lipinski definition) is 6. The Bertz CT molecular complexity index is 1870. The summed E-state index contributed by atoms with van der Waals surface area (Å²) in [4.78, 5) is 30.7. The molecule has 0 aliphatic rings. The number of nitrogens with zero attached hydrogens (tertiary/aromatic N) is 4. The Labute approximate surface area is 240 Å². The van der Waals surface area contributed by atoms with Crippen molar-refractivity contribution in [2.45, 2.75) is 46.1 Å². The molecule has 3 heterocycles. The first-order valence-corrected chi connectivity index (χ1v) is 12.8. The molecule has 5 aromatic rings. The molecular weight excluding hydrogens is 577 g/mol. The van der Waals surface area contributed by atoms with Crippen LogP contribution in [-0.2, 0) is 17.5 Å². The molecule has 43 heavy (non-hydrogen) atoms. The van der Waals surface area contributed by atoms with Crippen molar-refractivity contribution in [3.05, 3.63) is 88.9 Å². The minimum atomic E-state index is -4.70. The Morgan fingerprint density at radius 1 is 1.00 bits per heavy atom. The second-order valence-corrected chi connectivity index (χ2v) is 10.5. The van der Waals surface area contributed by atoms with Crippen molar-refractivity contribution in [3.8, 4) is 5.75 Å². The number of amides is 1. The quantitative estimate of drug-likeness (QED) is 0.220. The molecule has 0 aliphatic carbocycles. The third-order valence-corrected chi connectivity index (χ3v) is 6.24. The van der Waals surface area contributed by atoms with E-state index in [2.05, 4.69) is 15.4 Å². The van der Waals surface area contributed by atoms with E-state index in [0.29, 0.717) is 0 Å². The summed E-state index contributed by atoms with van der Waals surface area (Å²) in [6, 6.07) is 9.05. The minimum Gasteiger partial charge on any atom is -0.485 e. The molecule has 224 valence electrons. The van der Waals surface area contributed by atoms with E-state index in [1.807, 2.05) is 0 Å². The fraction of sp³-hybridized carbons (Fsp3) is 0.241. The highest BCUT2D eigenvalue weighted by Gasteiger charge is 2.32. The molecule has 5 rings (SSSR count). The molecule has 0 aliphatic heterocycles. The molecule has 0 unspecified atom stereocenters. The molecule has 1 amide bonds. The average molecular weight is 602 g/mol. The molecule has 0 bridgehead atoms. The van der Waals surface area contributed by atoms with Crippen LogP contribution in [-0.4, -0.2) is 36.8 Å². The van der Waals surface area contributed by atoms with Crippen LogP contribution in [0.4, 0.5) is 32.6 Å². The second kappa shape index (κ2) is 10.7. The third-order valence-electron chi connectivity index (χ3n) is 6.24. The van der Waals surface area contributed by atoms with Crippen LogP contribution >= 0.6 is 0 Å². The third kappa shape index (κ3) is 5.85. The van der Waals surface area contributed by atoms with Gasteiger partial charge in [0.05, 0.1) is 22.3 Å². The topological polar surface area (TPSA) is 99.8 Å². The van der Waals surface area contributed by atoms with Gasteiger partial charge in [-0.15, -0.1) is 5.10 Å². The summed E-state index contributed by atoms with van der Waals surface area (Å²) < 4.78 is 81.9. The van der Waals surface area contributed by atoms with Crippen molar-refractivity contribution in [2.24, 2.45) is 0 Å². The number of carbonyl (C=O) groups excluding carboxylic acids is 2. The fourth-order valence-electron chi connectivity index (χ4n) is 4.36. The Morgan fingerprint density at radius 2 is 1.70 bits per heavy atom. The largest absolute Gasteiger partial charge is 0.485 e. The number of ether oxygens (including phenoxy) is 2. The van der Waals surface area contributed by atoms with Gasteiger partial charge in [0.25, 0.3) is 5.91 Å². The zero-order chi connectivity index (χ0) is 31.3. The first-order chi connectivity index (χ1) is 20.1. The van der Waals surface area contributed by atoms with Crippen molar-refractivity contribution >= 4 is 34.4 Å². The SMILES string of the molecule is Cc1nc2c(OCc3c(F)cccc3F)cccn2c1C(=O)Nc1nn(C(=O)OC(C)(C)C)c2ccc(C(F)(F)F)cc12. The molecule has 3 aromatic heterocycles. The van der Waals surface area contributed by atoms with Gasteiger partial charge in [0.2, 0.25) is 0 Å². The Kier molecular flexibility index (Phi) is 7.32. The summed E-state index contributed by atoms with van der Waals surface area (Å²) in [6.07, 6.45) is -4.18. The number of imidazole rings is 1. The number of rotatable bonds is 5. The van der Waals surface area contributed by atoms with Gasteiger partial charge in [-0.1, -0.05) is 6.07 Å². The monoisotopic (exact) mass is 601 g/mol. The predicted octanol–water partition coefficient (Wildman–Crippen LogP) is 6.90. The standard InChI is InChI=1S/C29H24F5N5O4/c1-15-23(38-12-6-9-22(25(38)35-15)42-14-18-19(30)7-5-8-20(18)31)26(40)36-24-17-13-16(29(32,33)34)10-11-21(17)39(37-24)27(41)43-28(2,3)4/h5-13H,14H2,1-4H3,(H,36,37,40). The van der Waals surface area contributed by atoms with E-state index in [1.54, 1.807) is 20.8 Å². The van der Waals surface area contributed by atoms with Gasteiger partial charge in [0.1, 0.15) is 29.5 Å². The van der Waals surface area contributed by atoms with Crippen molar-refractivity contribution in [1.82, 2.24) is 19.2 Å². The molecule has 2 aromatic carbocycles. The highest BCUT2D eigenvalue weighted by molar-refractivity contribution is 6.09.